The zero-order chi connectivity index (χ0) is 10.8. The van der Waals surface area contributed by atoms with Gasteiger partial charge in [-0.1, -0.05) is 30.7 Å². The van der Waals surface area contributed by atoms with Crippen LogP contribution >= 0.6 is 11.6 Å². The van der Waals surface area contributed by atoms with Crippen LogP contribution in [-0.2, 0) is 4.79 Å². The molecule has 1 aromatic rings. The standard InChI is InChI=1S/C13H13ClO/c1-9-2-5-11(13(9)15)8-10-3-6-12(14)7-4-10/h3-4,6-9H,2,5H2,1H3/b11-8+. The van der Waals surface area contributed by atoms with Gasteiger partial charge in [-0.2, -0.15) is 0 Å². The van der Waals surface area contributed by atoms with Gasteiger partial charge in [-0.05, 0) is 42.2 Å². The van der Waals surface area contributed by atoms with Crippen molar-refractivity contribution in [3.8, 4) is 0 Å². The molecule has 78 valence electrons. The Labute approximate surface area is 94.8 Å². The van der Waals surface area contributed by atoms with Crippen molar-refractivity contribution in [3.05, 3.63) is 40.4 Å². The van der Waals surface area contributed by atoms with Crippen molar-refractivity contribution in [2.75, 3.05) is 0 Å². The van der Waals surface area contributed by atoms with E-state index in [9.17, 15) is 4.79 Å². The SMILES string of the molecule is CC1CC/C(=C\c2ccc(Cl)cc2)C1=O. The fourth-order valence-electron chi connectivity index (χ4n) is 1.85. The molecule has 1 unspecified atom stereocenters. The second-order valence-corrected chi connectivity index (χ2v) is 4.46. The number of benzene rings is 1. The van der Waals surface area contributed by atoms with E-state index in [2.05, 4.69) is 0 Å². The summed E-state index contributed by atoms with van der Waals surface area (Å²) in [5, 5.41) is 0.725. The van der Waals surface area contributed by atoms with Crippen LogP contribution in [-0.4, -0.2) is 5.78 Å². The average molecular weight is 221 g/mol. The molecule has 0 aliphatic heterocycles. The summed E-state index contributed by atoms with van der Waals surface area (Å²) in [6.45, 7) is 1.99. The lowest BCUT2D eigenvalue weighted by molar-refractivity contribution is -0.117. The van der Waals surface area contributed by atoms with Crippen molar-refractivity contribution in [2.24, 2.45) is 5.92 Å². The maximum atomic E-state index is 11.7. The quantitative estimate of drug-likeness (QED) is 0.660. The second kappa shape index (κ2) is 4.19. The molecular weight excluding hydrogens is 208 g/mol. The van der Waals surface area contributed by atoms with Crippen LogP contribution in [0.25, 0.3) is 6.08 Å². The number of hydrogen-bond donors (Lipinski definition) is 0. The molecule has 0 radical (unpaired) electrons. The molecule has 0 saturated heterocycles. The highest BCUT2D eigenvalue weighted by Crippen LogP contribution is 2.27. The number of carbonyl (C=O) groups excluding carboxylic acids is 1. The van der Waals surface area contributed by atoms with E-state index in [1.54, 1.807) is 0 Å². The van der Waals surface area contributed by atoms with Crippen molar-refractivity contribution < 1.29 is 4.79 Å². The Bertz CT molecular complexity index is 403. The molecule has 1 fully saturated rings. The van der Waals surface area contributed by atoms with E-state index in [1.165, 1.54) is 0 Å². The number of Topliss-reactive ketones (excluding diaryl/α,β-unsaturated/α-hetero) is 1. The molecule has 2 rings (SSSR count). The first-order valence-electron chi connectivity index (χ1n) is 5.17. The third-order valence-electron chi connectivity index (χ3n) is 2.82. The summed E-state index contributed by atoms with van der Waals surface area (Å²) in [5.41, 5.74) is 2.00. The summed E-state index contributed by atoms with van der Waals surface area (Å²) in [4.78, 5) is 11.7. The number of carbonyl (C=O) groups is 1. The molecule has 0 N–H and O–H groups in total. The molecular formula is C13H13ClO. The zero-order valence-electron chi connectivity index (χ0n) is 8.66. The van der Waals surface area contributed by atoms with E-state index >= 15 is 0 Å². The van der Waals surface area contributed by atoms with Gasteiger partial charge in [0.15, 0.2) is 5.78 Å². The predicted octanol–water partition coefficient (Wildman–Crippen LogP) is 3.72. The molecule has 1 aromatic carbocycles. The van der Waals surface area contributed by atoms with E-state index < -0.39 is 0 Å². The summed E-state index contributed by atoms with van der Waals surface area (Å²) < 4.78 is 0. The molecule has 1 saturated carbocycles. The Balaban J connectivity index is 2.24. The summed E-state index contributed by atoms with van der Waals surface area (Å²) in [6, 6.07) is 7.56. The lowest BCUT2D eigenvalue weighted by atomic mass is 10.1. The normalized spacial score (nSPS) is 23.7. The van der Waals surface area contributed by atoms with Crippen molar-refractivity contribution >= 4 is 23.5 Å². The first-order valence-corrected chi connectivity index (χ1v) is 5.55. The van der Waals surface area contributed by atoms with Crippen molar-refractivity contribution in [1.29, 1.82) is 0 Å². The summed E-state index contributed by atoms with van der Waals surface area (Å²) in [5.74, 6) is 0.494. The first kappa shape index (κ1) is 10.4. The van der Waals surface area contributed by atoms with Gasteiger partial charge in [0.1, 0.15) is 0 Å². The summed E-state index contributed by atoms with van der Waals surface area (Å²) >= 11 is 5.79. The monoisotopic (exact) mass is 220 g/mol. The summed E-state index contributed by atoms with van der Waals surface area (Å²) in [7, 11) is 0. The summed E-state index contributed by atoms with van der Waals surface area (Å²) in [6.07, 6.45) is 3.86. The van der Waals surface area contributed by atoms with Gasteiger partial charge < -0.3 is 0 Å². The number of rotatable bonds is 1. The number of ketones is 1. The second-order valence-electron chi connectivity index (χ2n) is 4.03. The Hall–Kier alpha value is -1.08. The highest BCUT2D eigenvalue weighted by atomic mass is 35.5. The third kappa shape index (κ3) is 2.29. The smallest absolute Gasteiger partial charge is 0.161 e. The molecule has 0 aromatic heterocycles. The maximum absolute atomic E-state index is 11.7. The molecule has 1 nitrogen and oxygen atoms in total. The average Bonchev–Trinajstić information content (AvgIpc) is 2.53. The molecule has 1 aliphatic rings. The topological polar surface area (TPSA) is 17.1 Å². The molecule has 15 heavy (non-hydrogen) atoms. The number of hydrogen-bond acceptors (Lipinski definition) is 1. The minimum absolute atomic E-state index is 0.198. The maximum Gasteiger partial charge on any atom is 0.161 e. The van der Waals surface area contributed by atoms with E-state index in [1.807, 2.05) is 37.3 Å². The van der Waals surface area contributed by atoms with Crippen molar-refractivity contribution in [1.82, 2.24) is 0 Å². The van der Waals surface area contributed by atoms with Crippen LogP contribution in [0.1, 0.15) is 25.3 Å². The highest BCUT2D eigenvalue weighted by Gasteiger charge is 2.24. The Morgan fingerprint density at radius 2 is 2.00 bits per heavy atom. The fraction of sp³-hybridized carbons (Fsp3) is 0.308. The van der Waals surface area contributed by atoms with Crippen LogP contribution in [0.5, 0.6) is 0 Å². The van der Waals surface area contributed by atoms with Crippen LogP contribution < -0.4 is 0 Å². The van der Waals surface area contributed by atoms with Gasteiger partial charge in [-0.25, -0.2) is 0 Å². The molecule has 0 spiro atoms. The van der Waals surface area contributed by atoms with Crippen LogP contribution in [0.4, 0.5) is 0 Å². The zero-order valence-corrected chi connectivity index (χ0v) is 9.42. The molecule has 0 bridgehead atoms. The van der Waals surface area contributed by atoms with E-state index in [0.717, 1.165) is 29.0 Å². The van der Waals surface area contributed by atoms with Crippen LogP contribution in [0.15, 0.2) is 29.8 Å². The van der Waals surface area contributed by atoms with Gasteiger partial charge in [0.25, 0.3) is 0 Å². The van der Waals surface area contributed by atoms with Crippen LogP contribution in [0, 0.1) is 5.92 Å². The highest BCUT2D eigenvalue weighted by molar-refractivity contribution is 6.30. The molecule has 0 amide bonds. The number of halogens is 1. The number of allylic oxidation sites excluding steroid dienone is 1. The predicted molar refractivity (Wildman–Crippen MR) is 62.8 cm³/mol. The first-order chi connectivity index (χ1) is 7.16. The van der Waals surface area contributed by atoms with Crippen LogP contribution in [0.3, 0.4) is 0 Å². The Morgan fingerprint density at radius 3 is 2.53 bits per heavy atom. The van der Waals surface area contributed by atoms with Crippen molar-refractivity contribution in [2.45, 2.75) is 19.8 Å². The van der Waals surface area contributed by atoms with Gasteiger partial charge in [0.05, 0.1) is 0 Å². The third-order valence-corrected chi connectivity index (χ3v) is 3.07. The van der Waals surface area contributed by atoms with E-state index in [-0.39, 0.29) is 5.92 Å². The fourth-order valence-corrected chi connectivity index (χ4v) is 1.97. The van der Waals surface area contributed by atoms with Crippen LogP contribution in [0.2, 0.25) is 5.02 Å². The minimum Gasteiger partial charge on any atom is -0.294 e. The van der Waals surface area contributed by atoms with Gasteiger partial charge in [0, 0.05) is 10.9 Å². The van der Waals surface area contributed by atoms with Gasteiger partial charge in [0.2, 0.25) is 0 Å². The molecule has 1 aliphatic carbocycles. The Morgan fingerprint density at radius 1 is 1.33 bits per heavy atom. The van der Waals surface area contributed by atoms with Gasteiger partial charge >= 0.3 is 0 Å². The molecule has 1 atom stereocenters. The van der Waals surface area contributed by atoms with Gasteiger partial charge in [-0.15, -0.1) is 0 Å². The van der Waals surface area contributed by atoms with Crippen molar-refractivity contribution in [3.63, 3.8) is 0 Å². The van der Waals surface area contributed by atoms with E-state index in [4.69, 9.17) is 11.6 Å². The largest absolute Gasteiger partial charge is 0.294 e. The molecule has 2 heteroatoms. The Kier molecular flexibility index (Phi) is 2.92. The van der Waals surface area contributed by atoms with Gasteiger partial charge in [-0.3, -0.25) is 4.79 Å². The lowest BCUT2D eigenvalue weighted by Crippen LogP contribution is -2.02. The lowest BCUT2D eigenvalue weighted by Gasteiger charge is -1.98. The minimum atomic E-state index is 0.198. The van der Waals surface area contributed by atoms with E-state index in [0.29, 0.717) is 5.78 Å². The molecule has 0 heterocycles.